The van der Waals surface area contributed by atoms with Gasteiger partial charge in [-0.05, 0) is 125 Å². The van der Waals surface area contributed by atoms with Crippen LogP contribution in [0, 0.1) is 10.1 Å². The van der Waals surface area contributed by atoms with Crippen molar-refractivity contribution in [3.05, 3.63) is 159 Å². The standard InChI is InChI=1S/C47H47N7O12/c1-25(2)65-38-23-31(45(58)52-37-22-14-32(47(60)61)24-39(37)66-26(3)4)13-21-36(38)51-43(56)28-7-17-34(18-8-28)50-46(59)40(41(64-6)27(5)48)53-44(57)29-9-15-33(16-10-29)49-42(55)30-11-19-35(20-12-30)54(62)63/h7-26,40-41H,5,48H2,1-4,6H3,(H,49,55)(H,50,59)(H,51,56)(H,52,58)(H,53,57)(H,60,61). The highest BCUT2D eigenvalue weighted by Gasteiger charge is 2.32. The lowest BCUT2D eigenvalue weighted by Gasteiger charge is -2.26. The highest BCUT2D eigenvalue weighted by atomic mass is 16.6. The van der Waals surface area contributed by atoms with Crippen LogP contribution in [0.1, 0.15) is 79.5 Å². The number of benzene rings is 5. The summed E-state index contributed by atoms with van der Waals surface area (Å²) < 4.78 is 17.1. The van der Waals surface area contributed by atoms with Crippen LogP contribution in [-0.4, -0.2) is 77.0 Å². The molecule has 0 aromatic heterocycles. The lowest BCUT2D eigenvalue weighted by atomic mass is 10.1. The Morgan fingerprint density at radius 2 is 1.02 bits per heavy atom. The first-order valence-corrected chi connectivity index (χ1v) is 20.2. The molecule has 0 aliphatic heterocycles. The highest BCUT2D eigenvalue weighted by molar-refractivity contribution is 6.09. The molecule has 5 aromatic carbocycles. The largest absolute Gasteiger partial charge is 0.489 e. The Balaban J connectivity index is 1.25. The quantitative estimate of drug-likeness (QED) is 0.0330. The first kappa shape index (κ1) is 48.5. The highest BCUT2D eigenvalue weighted by Crippen LogP contribution is 2.31. The van der Waals surface area contributed by atoms with Crippen LogP contribution >= 0.6 is 0 Å². The van der Waals surface area contributed by atoms with Gasteiger partial charge in [-0.15, -0.1) is 0 Å². The van der Waals surface area contributed by atoms with Gasteiger partial charge in [0.2, 0.25) is 5.91 Å². The second kappa shape index (κ2) is 21.7. The van der Waals surface area contributed by atoms with Crippen molar-refractivity contribution < 1.29 is 53.0 Å². The maximum atomic E-state index is 13.7. The third-order valence-corrected chi connectivity index (χ3v) is 9.35. The van der Waals surface area contributed by atoms with Crippen LogP contribution in [0.5, 0.6) is 11.5 Å². The number of hydrogen-bond donors (Lipinski definition) is 7. The van der Waals surface area contributed by atoms with Gasteiger partial charge < -0.3 is 51.6 Å². The molecule has 5 rings (SSSR count). The monoisotopic (exact) mass is 901 g/mol. The van der Waals surface area contributed by atoms with E-state index in [9.17, 15) is 44.0 Å². The molecule has 0 aliphatic rings. The lowest BCUT2D eigenvalue weighted by Crippen LogP contribution is -2.53. The lowest BCUT2D eigenvalue weighted by molar-refractivity contribution is -0.384. The molecular weight excluding hydrogens is 855 g/mol. The summed E-state index contributed by atoms with van der Waals surface area (Å²) in [5, 5.41) is 33.8. The molecule has 8 N–H and O–H groups in total. The molecule has 0 saturated heterocycles. The molecule has 19 nitrogen and oxygen atoms in total. The van der Waals surface area contributed by atoms with E-state index in [1.165, 1.54) is 116 Å². The molecule has 0 fully saturated rings. The van der Waals surface area contributed by atoms with Crippen molar-refractivity contribution in [2.24, 2.45) is 5.73 Å². The number of aromatic carboxylic acids is 1. The summed E-state index contributed by atoms with van der Waals surface area (Å²) in [6.45, 7) is 10.8. The van der Waals surface area contributed by atoms with Crippen molar-refractivity contribution in [2.45, 2.75) is 52.0 Å². The van der Waals surface area contributed by atoms with E-state index in [4.69, 9.17) is 19.9 Å². The van der Waals surface area contributed by atoms with Crippen molar-refractivity contribution in [3.63, 3.8) is 0 Å². The van der Waals surface area contributed by atoms with Crippen molar-refractivity contribution in [1.29, 1.82) is 0 Å². The number of rotatable bonds is 19. The Morgan fingerprint density at radius 3 is 1.47 bits per heavy atom. The van der Waals surface area contributed by atoms with Gasteiger partial charge in [-0.1, -0.05) is 6.58 Å². The first-order chi connectivity index (χ1) is 31.3. The van der Waals surface area contributed by atoms with Crippen molar-refractivity contribution in [1.82, 2.24) is 5.32 Å². The van der Waals surface area contributed by atoms with E-state index < -0.39 is 52.6 Å². The molecular formula is C47H47N7O12. The minimum Gasteiger partial charge on any atom is -0.489 e. The summed E-state index contributed by atoms with van der Waals surface area (Å²) in [5.41, 5.74) is 7.45. The number of nitrogens with two attached hydrogens (primary N) is 1. The number of amides is 5. The van der Waals surface area contributed by atoms with Gasteiger partial charge in [0.25, 0.3) is 29.3 Å². The Bertz CT molecular complexity index is 2650. The second-order valence-corrected chi connectivity index (χ2v) is 15.1. The van der Waals surface area contributed by atoms with E-state index in [1.807, 2.05) is 0 Å². The third kappa shape index (κ3) is 12.8. The van der Waals surface area contributed by atoms with Crippen molar-refractivity contribution in [2.75, 3.05) is 28.4 Å². The minimum atomic E-state index is -1.39. The van der Waals surface area contributed by atoms with E-state index in [0.29, 0.717) is 5.69 Å². The topological polar surface area (TPSA) is 280 Å². The fourth-order valence-corrected chi connectivity index (χ4v) is 6.19. The van der Waals surface area contributed by atoms with E-state index in [2.05, 4.69) is 33.2 Å². The van der Waals surface area contributed by atoms with Gasteiger partial charge in [0.1, 0.15) is 23.6 Å². The average Bonchev–Trinajstić information content (AvgIpc) is 3.27. The fraction of sp³-hybridized carbons (Fsp3) is 0.191. The van der Waals surface area contributed by atoms with Crippen LogP contribution in [-0.2, 0) is 9.53 Å². The normalized spacial score (nSPS) is 11.7. The van der Waals surface area contributed by atoms with E-state index in [-0.39, 0.29) is 80.0 Å². The molecule has 0 bridgehead atoms. The van der Waals surface area contributed by atoms with Crippen LogP contribution < -0.4 is 41.8 Å². The maximum absolute atomic E-state index is 13.7. The average molecular weight is 902 g/mol. The number of anilines is 4. The Hall–Kier alpha value is -8.58. The van der Waals surface area contributed by atoms with E-state index >= 15 is 0 Å². The van der Waals surface area contributed by atoms with Gasteiger partial charge in [0, 0.05) is 58.6 Å². The number of carbonyl (C=O) groups is 6. The number of carboxylic acid groups (broad SMARTS) is 1. The molecule has 0 heterocycles. The number of nitro benzene ring substituents is 1. The zero-order valence-corrected chi connectivity index (χ0v) is 36.4. The van der Waals surface area contributed by atoms with Crippen LogP contribution in [0.3, 0.4) is 0 Å². The number of ether oxygens (including phenoxy) is 3. The number of nitro groups is 1. The molecule has 0 aliphatic carbocycles. The number of nitrogens with one attached hydrogen (secondary N) is 5. The zero-order valence-electron chi connectivity index (χ0n) is 36.4. The molecule has 0 saturated carbocycles. The maximum Gasteiger partial charge on any atom is 0.335 e. The minimum absolute atomic E-state index is 0.0161. The fourth-order valence-electron chi connectivity index (χ4n) is 6.19. The molecule has 0 spiro atoms. The Morgan fingerprint density at radius 1 is 0.606 bits per heavy atom. The predicted octanol–water partition coefficient (Wildman–Crippen LogP) is 6.85. The predicted molar refractivity (Wildman–Crippen MR) is 245 cm³/mol. The summed E-state index contributed by atoms with van der Waals surface area (Å²) in [5.74, 6) is -3.84. The van der Waals surface area contributed by atoms with Gasteiger partial charge in [-0.25, -0.2) is 4.79 Å². The van der Waals surface area contributed by atoms with Crippen LogP contribution in [0.2, 0.25) is 0 Å². The van der Waals surface area contributed by atoms with Gasteiger partial charge in [-0.2, -0.15) is 0 Å². The third-order valence-electron chi connectivity index (χ3n) is 9.35. The second-order valence-electron chi connectivity index (χ2n) is 15.1. The summed E-state index contributed by atoms with van der Waals surface area (Å²) in [6.07, 6.45) is -1.83. The Kier molecular flexibility index (Phi) is 15.9. The van der Waals surface area contributed by atoms with Gasteiger partial charge >= 0.3 is 5.97 Å². The Labute approximate surface area is 378 Å². The van der Waals surface area contributed by atoms with Gasteiger partial charge in [0.15, 0.2) is 0 Å². The summed E-state index contributed by atoms with van der Waals surface area (Å²) in [4.78, 5) is 88.5. The SMILES string of the molecule is C=C(N)C(OC)C(NC(=O)c1ccc(NC(=O)c2ccc([N+](=O)[O-])cc2)cc1)C(=O)Nc1ccc(C(=O)Nc2ccc(C(=O)Nc3ccc(C(=O)O)cc3OC(C)C)cc2OC(C)C)cc1. The molecule has 342 valence electrons. The molecule has 2 unspecified atom stereocenters. The number of non-ortho nitro benzene ring substituents is 1. The van der Waals surface area contributed by atoms with E-state index in [0.717, 1.165) is 0 Å². The van der Waals surface area contributed by atoms with Crippen LogP contribution in [0.15, 0.2) is 121 Å². The number of carboxylic acids is 1. The molecule has 66 heavy (non-hydrogen) atoms. The first-order valence-electron chi connectivity index (χ1n) is 20.2. The van der Waals surface area contributed by atoms with E-state index in [1.54, 1.807) is 27.7 Å². The summed E-state index contributed by atoms with van der Waals surface area (Å²) in [6, 6.07) is 23.7. The molecule has 5 aromatic rings. The smallest absolute Gasteiger partial charge is 0.335 e. The molecule has 2 atom stereocenters. The number of hydrogen-bond acceptors (Lipinski definition) is 12. The molecule has 0 radical (unpaired) electrons. The van der Waals surface area contributed by atoms with Gasteiger partial charge in [-0.3, -0.25) is 34.1 Å². The van der Waals surface area contributed by atoms with Crippen LogP contribution in [0.25, 0.3) is 0 Å². The number of carbonyl (C=O) groups excluding carboxylic acids is 5. The zero-order chi connectivity index (χ0) is 48.2. The van der Waals surface area contributed by atoms with Crippen LogP contribution in [0.4, 0.5) is 28.4 Å². The number of nitrogens with zero attached hydrogens (tertiary/aromatic N) is 1. The van der Waals surface area contributed by atoms with Crippen molar-refractivity contribution >= 4 is 63.9 Å². The van der Waals surface area contributed by atoms with Gasteiger partial charge in [0.05, 0.1) is 34.1 Å². The number of methoxy groups -OCH3 is 1. The summed E-state index contributed by atoms with van der Waals surface area (Å²) >= 11 is 0. The van der Waals surface area contributed by atoms with Crippen molar-refractivity contribution in [3.8, 4) is 11.5 Å². The summed E-state index contributed by atoms with van der Waals surface area (Å²) in [7, 11) is 1.29. The molecule has 19 heteroatoms. The molecule has 5 amide bonds.